The predicted octanol–water partition coefficient (Wildman–Crippen LogP) is 2.00. The van der Waals surface area contributed by atoms with E-state index in [-0.39, 0.29) is 29.9 Å². The van der Waals surface area contributed by atoms with Crippen molar-refractivity contribution in [2.75, 3.05) is 12.4 Å². The lowest BCUT2D eigenvalue weighted by molar-refractivity contribution is 0.300. The molecule has 0 aliphatic carbocycles. The molecule has 3 aromatic rings. The Morgan fingerprint density at radius 1 is 1.21 bits per heavy atom. The Balaban J connectivity index is 1.87. The number of hydrogen-bond acceptors (Lipinski definition) is 5. The number of halogens is 2. The Morgan fingerprint density at radius 2 is 1.97 bits per heavy atom. The first kappa shape index (κ1) is 20.5. The van der Waals surface area contributed by atoms with Crippen LogP contribution in [0.15, 0.2) is 35.3 Å². The molecule has 9 heteroatoms. The molecule has 0 fully saturated rings. The largest absolute Gasteiger partial charge is 0.489 e. The van der Waals surface area contributed by atoms with Gasteiger partial charge in [-0.3, -0.25) is 4.79 Å². The van der Waals surface area contributed by atoms with Crippen LogP contribution in [0.1, 0.15) is 22.6 Å². The van der Waals surface area contributed by atoms with Crippen LogP contribution in [0.2, 0.25) is 0 Å². The van der Waals surface area contributed by atoms with Gasteiger partial charge in [-0.25, -0.2) is 18.7 Å². The monoisotopic (exact) mass is 396 g/mol. The summed E-state index contributed by atoms with van der Waals surface area (Å²) in [5.74, 6) is -0.0350. The summed E-state index contributed by atoms with van der Waals surface area (Å²) in [5.41, 5.74) is 0.939. The van der Waals surface area contributed by atoms with Gasteiger partial charge in [0.15, 0.2) is 0 Å². The maximum Gasteiger partial charge on any atom is 0.247 e. The molecule has 29 heavy (non-hydrogen) atoms. The second-order valence-electron chi connectivity index (χ2n) is 6.52. The zero-order valence-electron chi connectivity index (χ0n) is 16.3. The molecule has 1 aromatic carbocycles. The second kappa shape index (κ2) is 8.42. The number of aromatic nitrogens is 3. The molecule has 148 valence electrons. The Kier molecular flexibility index (Phi) is 5.96. The van der Waals surface area contributed by atoms with Crippen molar-refractivity contribution in [1.82, 2.24) is 14.5 Å². The third-order valence-corrected chi connectivity index (χ3v) is 4.46. The van der Waals surface area contributed by atoms with Crippen molar-refractivity contribution < 1.29 is 13.5 Å². The summed E-state index contributed by atoms with van der Waals surface area (Å²) in [6, 6.07) is 4.80. The van der Waals surface area contributed by atoms with Gasteiger partial charge in [0.2, 0.25) is 5.56 Å². The molecule has 2 radical (unpaired) electrons. The fourth-order valence-electron chi connectivity index (χ4n) is 2.86. The van der Waals surface area contributed by atoms with Crippen LogP contribution in [0.3, 0.4) is 0 Å². The summed E-state index contributed by atoms with van der Waals surface area (Å²) < 4.78 is 33.8. The molecular formula is C20H19BF2N4O2. The highest BCUT2D eigenvalue weighted by atomic mass is 19.1. The summed E-state index contributed by atoms with van der Waals surface area (Å²) in [4.78, 5) is 21.3. The Labute approximate surface area is 168 Å². The van der Waals surface area contributed by atoms with Gasteiger partial charge >= 0.3 is 0 Å². The average Bonchev–Trinajstić information content (AvgIpc) is 2.68. The van der Waals surface area contributed by atoms with Crippen LogP contribution in [0.5, 0.6) is 5.75 Å². The second-order valence-corrected chi connectivity index (χ2v) is 6.52. The number of nitrogens with one attached hydrogen (secondary N) is 1. The van der Waals surface area contributed by atoms with E-state index in [1.807, 2.05) is 0 Å². The first-order chi connectivity index (χ1) is 13.8. The van der Waals surface area contributed by atoms with E-state index in [1.165, 1.54) is 10.6 Å². The zero-order valence-corrected chi connectivity index (χ0v) is 16.3. The van der Waals surface area contributed by atoms with Gasteiger partial charge < -0.3 is 14.6 Å². The number of rotatable bonds is 6. The zero-order chi connectivity index (χ0) is 21.1. The first-order valence-electron chi connectivity index (χ1n) is 8.87. The van der Waals surface area contributed by atoms with Gasteiger partial charge in [-0.05, 0) is 32.0 Å². The molecule has 2 heterocycles. The number of benzene rings is 1. The fraction of sp³-hybridized carbons (Fsp3) is 0.250. The predicted molar refractivity (Wildman–Crippen MR) is 107 cm³/mol. The molecule has 3 rings (SSSR count). The molecule has 0 saturated carbocycles. The summed E-state index contributed by atoms with van der Waals surface area (Å²) in [6.07, 6.45) is 1.65. The molecule has 0 spiro atoms. The Bertz CT molecular complexity index is 1120. The molecule has 1 N–H and O–H groups in total. The maximum atomic E-state index is 13.8. The molecule has 0 bridgehead atoms. The number of pyridine rings is 1. The smallest absolute Gasteiger partial charge is 0.247 e. The van der Waals surface area contributed by atoms with Crippen molar-refractivity contribution in [2.24, 2.45) is 0 Å². The van der Waals surface area contributed by atoms with Crippen molar-refractivity contribution in [3.63, 3.8) is 0 Å². The molecule has 2 aromatic heterocycles. The molecule has 0 aliphatic heterocycles. The number of nitrogens with zero attached hydrogens (tertiary/aromatic N) is 3. The van der Waals surface area contributed by atoms with Crippen LogP contribution in [0.25, 0.3) is 0 Å². The van der Waals surface area contributed by atoms with E-state index in [0.29, 0.717) is 17.3 Å². The van der Waals surface area contributed by atoms with E-state index in [9.17, 15) is 13.6 Å². The number of ether oxygens (including phenoxy) is 1. The number of hydrogen-bond donors (Lipinski definition) is 1. The van der Waals surface area contributed by atoms with Crippen molar-refractivity contribution in [1.29, 1.82) is 0 Å². The third kappa shape index (κ3) is 4.44. The minimum Gasteiger partial charge on any atom is -0.489 e. The lowest BCUT2D eigenvalue weighted by Crippen LogP contribution is -2.37. The highest BCUT2D eigenvalue weighted by Crippen LogP contribution is 2.16. The highest BCUT2D eigenvalue weighted by molar-refractivity contribution is 6.33. The van der Waals surface area contributed by atoms with Crippen LogP contribution in [0.4, 0.5) is 14.6 Å². The summed E-state index contributed by atoms with van der Waals surface area (Å²) in [6.45, 7) is 3.55. The average molecular weight is 396 g/mol. The van der Waals surface area contributed by atoms with E-state index < -0.39 is 17.2 Å². The van der Waals surface area contributed by atoms with Crippen LogP contribution in [0, 0.1) is 25.5 Å². The Hall–Kier alpha value is -3.23. The van der Waals surface area contributed by atoms with E-state index >= 15 is 0 Å². The van der Waals surface area contributed by atoms with Crippen LogP contribution in [-0.4, -0.2) is 29.4 Å². The molecule has 0 unspecified atom stereocenters. The van der Waals surface area contributed by atoms with Gasteiger partial charge in [0, 0.05) is 41.6 Å². The lowest BCUT2D eigenvalue weighted by atomic mass is 9.96. The molecule has 0 saturated heterocycles. The van der Waals surface area contributed by atoms with Crippen LogP contribution >= 0.6 is 0 Å². The topological polar surface area (TPSA) is 69.0 Å². The van der Waals surface area contributed by atoms with Gasteiger partial charge in [0.05, 0.1) is 6.54 Å². The van der Waals surface area contributed by atoms with Gasteiger partial charge in [-0.2, -0.15) is 0 Å². The van der Waals surface area contributed by atoms with Crippen molar-refractivity contribution >= 4 is 19.1 Å². The molecular weight excluding hydrogens is 377 g/mol. The van der Waals surface area contributed by atoms with Gasteiger partial charge in [-0.15, -0.1) is 0 Å². The minimum atomic E-state index is -0.729. The summed E-state index contributed by atoms with van der Waals surface area (Å²) >= 11 is 0. The lowest BCUT2D eigenvalue weighted by Gasteiger charge is -2.17. The van der Waals surface area contributed by atoms with E-state index in [4.69, 9.17) is 12.6 Å². The quantitative estimate of drug-likeness (QED) is 0.646. The number of anilines is 1. The van der Waals surface area contributed by atoms with Crippen molar-refractivity contribution in [3.8, 4) is 5.75 Å². The molecule has 0 atom stereocenters. The van der Waals surface area contributed by atoms with Gasteiger partial charge in [0.1, 0.15) is 43.5 Å². The summed E-state index contributed by atoms with van der Waals surface area (Å²) in [7, 11) is 7.70. The Morgan fingerprint density at radius 3 is 2.66 bits per heavy atom. The van der Waals surface area contributed by atoms with Crippen LogP contribution < -0.4 is 21.1 Å². The summed E-state index contributed by atoms with van der Waals surface area (Å²) in [5, 5.41) is 2.98. The number of aryl methyl sites for hydroxylation is 2. The molecule has 6 nitrogen and oxygen atoms in total. The van der Waals surface area contributed by atoms with Gasteiger partial charge in [0.25, 0.3) is 0 Å². The standard InChI is InChI=1S/C20H19BF2N4O2/c1-11-6-17(29-10-13-4-5-15(22)7-16(13)23)18(21)20(28)27(11)9-14-8-25-12(2)26-19(14)24-3/h4-8H,9-10H2,1-3H3,(H,24,25,26). The SMILES string of the molecule is [B]c1c(OCc2ccc(F)cc2F)cc(C)n(Cc2cnc(C)nc2NC)c1=O. The molecule has 0 amide bonds. The third-order valence-electron chi connectivity index (χ3n) is 4.46. The van der Waals surface area contributed by atoms with Crippen molar-refractivity contribution in [3.05, 3.63) is 75.1 Å². The minimum absolute atomic E-state index is 0.0999. The highest BCUT2D eigenvalue weighted by Gasteiger charge is 2.14. The van der Waals surface area contributed by atoms with Crippen LogP contribution in [-0.2, 0) is 13.2 Å². The van der Waals surface area contributed by atoms with E-state index in [1.54, 1.807) is 33.2 Å². The first-order valence-corrected chi connectivity index (χ1v) is 8.87. The molecule has 0 aliphatic rings. The maximum absolute atomic E-state index is 13.8. The van der Waals surface area contributed by atoms with E-state index in [0.717, 1.165) is 17.7 Å². The fourth-order valence-corrected chi connectivity index (χ4v) is 2.86. The normalized spacial score (nSPS) is 10.8. The van der Waals surface area contributed by atoms with Crippen molar-refractivity contribution in [2.45, 2.75) is 27.0 Å². The van der Waals surface area contributed by atoms with E-state index in [2.05, 4.69) is 15.3 Å². The van der Waals surface area contributed by atoms with Gasteiger partial charge in [-0.1, -0.05) is 0 Å².